The molecule has 7 heteroatoms. The second-order valence-corrected chi connectivity index (χ2v) is 7.55. The van der Waals surface area contributed by atoms with Gasteiger partial charge in [0.1, 0.15) is 0 Å². The average Bonchev–Trinajstić information content (AvgIpc) is 2.38. The zero-order valence-corrected chi connectivity index (χ0v) is 12.4. The van der Waals surface area contributed by atoms with Crippen LogP contribution in [0.4, 0.5) is 0 Å². The molecule has 0 aromatic rings. The van der Waals surface area contributed by atoms with Crippen LogP contribution in [0.15, 0.2) is 0 Å². The van der Waals surface area contributed by atoms with Crippen LogP contribution in [0, 0.1) is 5.92 Å². The summed E-state index contributed by atoms with van der Waals surface area (Å²) in [7, 11) is -3.41. The van der Waals surface area contributed by atoms with Crippen LogP contribution in [-0.4, -0.2) is 51.1 Å². The second kappa shape index (κ2) is 6.05. The molecule has 2 aliphatic rings. The summed E-state index contributed by atoms with van der Waals surface area (Å²) in [5.74, 6) is 0.285. The summed E-state index contributed by atoms with van der Waals surface area (Å²) < 4.78 is 34.6. The van der Waals surface area contributed by atoms with Crippen molar-refractivity contribution in [1.82, 2.24) is 9.03 Å². The minimum absolute atomic E-state index is 0.285. The molecule has 0 aromatic carbocycles. The zero-order chi connectivity index (χ0) is 13.9. The molecule has 0 aromatic heterocycles. The third kappa shape index (κ3) is 3.88. The van der Waals surface area contributed by atoms with Crippen molar-refractivity contribution in [3.8, 4) is 0 Å². The second-order valence-electron chi connectivity index (χ2n) is 5.88. The van der Waals surface area contributed by atoms with Gasteiger partial charge in [0.2, 0.25) is 0 Å². The summed E-state index contributed by atoms with van der Waals surface area (Å²) in [6.07, 6.45) is 3.36. The van der Waals surface area contributed by atoms with Crippen LogP contribution >= 0.6 is 0 Å². The first-order valence-electron chi connectivity index (χ1n) is 7.02. The largest absolute Gasteiger partial charge is 0.381 e. The Bertz CT molecular complexity index is 393. The molecule has 0 radical (unpaired) electrons. The molecule has 3 N–H and O–H groups in total. The topological polar surface area (TPSA) is 84.7 Å². The van der Waals surface area contributed by atoms with Crippen LogP contribution in [0.3, 0.4) is 0 Å². The number of hydrogen-bond donors (Lipinski definition) is 2. The number of nitrogens with zero attached hydrogens (tertiary/aromatic N) is 1. The predicted octanol–water partition coefficient (Wildman–Crippen LogP) is 0.0606. The van der Waals surface area contributed by atoms with Crippen molar-refractivity contribution in [1.29, 1.82) is 0 Å². The van der Waals surface area contributed by atoms with E-state index in [9.17, 15) is 8.42 Å². The molecule has 19 heavy (non-hydrogen) atoms. The lowest BCUT2D eigenvalue weighted by molar-refractivity contribution is 0.0529. The molecule has 2 fully saturated rings. The molecule has 1 unspecified atom stereocenters. The van der Waals surface area contributed by atoms with Gasteiger partial charge in [0, 0.05) is 31.8 Å². The van der Waals surface area contributed by atoms with E-state index >= 15 is 0 Å². The van der Waals surface area contributed by atoms with E-state index < -0.39 is 10.2 Å². The first-order valence-corrected chi connectivity index (χ1v) is 8.46. The Morgan fingerprint density at radius 1 is 1.42 bits per heavy atom. The van der Waals surface area contributed by atoms with Crippen LogP contribution in [0.25, 0.3) is 0 Å². The summed E-state index contributed by atoms with van der Waals surface area (Å²) >= 11 is 0. The number of nitrogens with one attached hydrogen (secondary N) is 1. The molecule has 2 heterocycles. The van der Waals surface area contributed by atoms with Gasteiger partial charge in [0.15, 0.2) is 0 Å². The van der Waals surface area contributed by atoms with E-state index in [2.05, 4.69) is 4.72 Å². The van der Waals surface area contributed by atoms with Gasteiger partial charge in [0.05, 0.1) is 0 Å². The Hall–Kier alpha value is -0.210. The molecule has 2 saturated heterocycles. The minimum Gasteiger partial charge on any atom is -0.381 e. The maximum Gasteiger partial charge on any atom is 0.279 e. The Morgan fingerprint density at radius 2 is 2.11 bits per heavy atom. The number of rotatable bonds is 4. The lowest BCUT2D eigenvalue weighted by Crippen LogP contribution is -2.56. The molecule has 1 atom stereocenters. The van der Waals surface area contributed by atoms with E-state index in [1.807, 2.05) is 6.92 Å². The number of piperidine rings is 1. The van der Waals surface area contributed by atoms with Gasteiger partial charge in [-0.1, -0.05) is 0 Å². The molecule has 0 saturated carbocycles. The fourth-order valence-electron chi connectivity index (χ4n) is 2.74. The normalized spacial score (nSPS) is 29.3. The number of ether oxygens (including phenoxy) is 1. The standard InChI is InChI=1S/C12H25N3O3S/c1-12(4-7-18-8-5-12)14-19(16,17)15-6-2-3-11(9-13)10-15/h11,14H,2-10,13H2,1H3. The summed E-state index contributed by atoms with van der Waals surface area (Å²) in [5.41, 5.74) is 5.28. The summed E-state index contributed by atoms with van der Waals surface area (Å²) in [4.78, 5) is 0. The smallest absolute Gasteiger partial charge is 0.279 e. The van der Waals surface area contributed by atoms with Crippen molar-refractivity contribution in [2.45, 2.75) is 38.1 Å². The van der Waals surface area contributed by atoms with E-state index in [-0.39, 0.29) is 11.5 Å². The van der Waals surface area contributed by atoms with Gasteiger partial charge < -0.3 is 10.5 Å². The van der Waals surface area contributed by atoms with Crippen molar-refractivity contribution in [2.75, 3.05) is 32.8 Å². The van der Waals surface area contributed by atoms with E-state index in [0.717, 1.165) is 25.7 Å². The van der Waals surface area contributed by atoms with Crippen molar-refractivity contribution in [2.24, 2.45) is 11.7 Å². The van der Waals surface area contributed by atoms with Gasteiger partial charge in [-0.15, -0.1) is 0 Å². The Kier molecular flexibility index (Phi) is 4.84. The van der Waals surface area contributed by atoms with Gasteiger partial charge in [0.25, 0.3) is 10.2 Å². The van der Waals surface area contributed by atoms with Crippen molar-refractivity contribution >= 4 is 10.2 Å². The highest BCUT2D eigenvalue weighted by atomic mass is 32.2. The molecule has 0 aliphatic carbocycles. The maximum atomic E-state index is 12.5. The monoisotopic (exact) mass is 291 g/mol. The SMILES string of the molecule is CC1(NS(=O)(=O)N2CCCC(CN)C2)CCOCC1. The third-order valence-electron chi connectivity index (χ3n) is 4.13. The Morgan fingerprint density at radius 3 is 2.74 bits per heavy atom. The van der Waals surface area contributed by atoms with Crippen LogP contribution in [-0.2, 0) is 14.9 Å². The Labute approximate surface area is 115 Å². The summed E-state index contributed by atoms with van der Waals surface area (Å²) in [6, 6.07) is 0. The Balaban J connectivity index is 2.01. The van der Waals surface area contributed by atoms with Crippen molar-refractivity contribution in [3.05, 3.63) is 0 Å². The van der Waals surface area contributed by atoms with Crippen LogP contribution < -0.4 is 10.5 Å². The van der Waals surface area contributed by atoms with E-state index in [0.29, 0.717) is 32.8 Å². The molecule has 112 valence electrons. The van der Waals surface area contributed by atoms with E-state index in [1.165, 1.54) is 0 Å². The highest BCUT2D eigenvalue weighted by Gasteiger charge is 2.36. The lowest BCUT2D eigenvalue weighted by atomic mass is 9.94. The molecular formula is C12H25N3O3S. The lowest BCUT2D eigenvalue weighted by Gasteiger charge is -2.38. The summed E-state index contributed by atoms with van der Waals surface area (Å²) in [5, 5.41) is 0. The van der Waals surface area contributed by atoms with Crippen molar-refractivity contribution in [3.63, 3.8) is 0 Å². The average molecular weight is 291 g/mol. The molecule has 2 aliphatic heterocycles. The third-order valence-corrected chi connectivity index (χ3v) is 5.89. The number of nitrogens with two attached hydrogens (primary N) is 1. The van der Waals surface area contributed by atoms with Gasteiger partial charge in [-0.2, -0.15) is 17.4 Å². The van der Waals surface area contributed by atoms with Crippen LogP contribution in [0.2, 0.25) is 0 Å². The molecule has 0 bridgehead atoms. The molecular weight excluding hydrogens is 266 g/mol. The first kappa shape index (κ1) is 15.2. The fourth-order valence-corrected chi connectivity index (χ4v) is 4.47. The zero-order valence-electron chi connectivity index (χ0n) is 11.6. The minimum atomic E-state index is -3.41. The molecule has 0 amide bonds. The van der Waals surface area contributed by atoms with E-state index in [4.69, 9.17) is 10.5 Å². The molecule has 0 spiro atoms. The van der Waals surface area contributed by atoms with Gasteiger partial charge in [-0.25, -0.2) is 0 Å². The highest BCUT2D eigenvalue weighted by Crippen LogP contribution is 2.23. The first-order chi connectivity index (χ1) is 8.95. The van der Waals surface area contributed by atoms with Gasteiger partial charge in [-0.3, -0.25) is 0 Å². The predicted molar refractivity (Wildman–Crippen MR) is 73.9 cm³/mol. The van der Waals surface area contributed by atoms with Crippen LogP contribution in [0.1, 0.15) is 32.6 Å². The van der Waals surface area contributed by atoms with Gasteiger partial charge >= 0.3 is 0 Å². The number of hydrogen-bond acceptors (Lipinski definition) is 4. The fraction of sp³-hybridized carbons (Fsp3) is 1.00. The molecule has 2 rings (SSSR count). The van der Waals surface area contributed by atoms with E-state index in [1.54, 1.807) is 4.31 Å². The highest BCUT2D eigenvalue weighted by molar-refractivity contribution is 7.87. The summed E-state index contributed by atoms with van der Waals surface area (Å²) in [6.45, 7) is 4.88. The maximum absolute atomic E-state index is 12.5. The van der Waals surface area contributed by atoms with Gasteiger partial charge in [-0.05, 0) is 45.1 Å². The van der Waals surface area contributed by atoms with Crippen LogP contribution in [0.5, 0.6) is 0 Å². The quantitative estimate of drug-likeness (QED) is 0.767. The molecule has 6 nitrogen and oxygen atoms in total. The van der Waals surface area contributed by atoms with Crippen molar-refractivity contribution < 1.29 is 13.2 Å².